The fourth-order valence-corrected chi connectivity index (χ4v) is 2.83. The predicted molar refractivity (Wildman–Crippen MR) is 80.3 cm³/mol. The van der Waals surface area contributed by atoms with E-state index in [4.69, 9.17) is 0 Å². The van der Waals surface area contributed by atoms with Gasteiger partial charge in [-0.05, 0) is 29.7 Å². The third-order valence-electron chi connectivity index (χ3n) is 3.88. The summed E-state index contributed by atoms with van der Waals surface area (Å²) in [4.78, 5) is 11.9. The Morgan fingerprint density at radius 1 is 1.10 bits per heavy atom. The van der Waals surface area contributed by atoms with Crippen LogP contribution in [-0.4, -0.2) is 16.0 Å². The molecule has 0 aliphatic carbocycles. The van der Waals surface area contributed by atoms with Gasteiger partial charge in [-0.25, -0.2) is 5.43 Å². The molecule has 0 bridgehead atoms. The Kier molecular flexibility index (Phi) is 3.62. The number of carbonyl (C=O) groups excluding carboxylic acids is 1. The van der Waals surface area contributed by atoms with Gasteiger partial charge in [0.2, 0.25) is 5.91 Å². The van der Waals surface area contributed by atoms with Gasteiger partial charge in [0.25, 0.3) is 0 Å². The third-order valence-corrected chi connectivity index (χ3v) is 3.88. The summed E-state index contributed by atoms with van der Waals surface area (Å²) in [6.07, 6.45) is 0.814. The van der Waals surface area contributed by atoms with Gasteiger partial charge in [-0.3, -0.25) is 9.80 Å². The molecule has 1 saturated heterocycles. The van der Waals surface area contributed by atoms with Crippen molar-refractivity contribution in [2.24, 2.45) is 0 Å². The summed E-state index contributed by atoms with van der Waals surface area (Å²) in [6.45, 7) is 1.56. The topological polar surface area (TPSA) is 52.6 Å². The van der Waals surface area contributed by atoms with E-state index in [-0.39, 0.29) is 23.7 Å². The minimum Gasteiger partial charge on any atom is -0.508 e. The number of benzene rings is 2. The van der Waals surface area contributed by atoms with Crippen LogP contribution in [0, 0.1) is 0 Å². The molecule has 1 heterocycles. The number of rotatable bonds is 2. The third kappa shape index (κ3) is 2.76. The van der Waals surface area contributed by atoms with E-state index >= 15 is 0 Å². The van der Waals surface area contributed by atoms with Crippen molar-refractivity contribution >= 4 is 5.91 Å². The monoisotopic (exact) mass is 282 g/mol. The van der Waals surface area contributed by atoms with E-state index in [0.717, 1.165) is 12.0 Å². The molecule has 0 radical (unpaired) electrons. The Morgan fingerprint density at radius 2 is 1.76 bits per heavy atom. The maximum Gasteiger partial charge on any atom is 0.234 e. The van der Waals surface area contributed by atoms with Crippen molar-refractivity contribution in [1.29, 1.82) is 0 Å². The summed E-state index contributed by atoms with van der Waals surface area (Å²) in [7, 11) is 0. The van der Waals surface area contributed by atoms with Gasteiger partial charge in [-0.2, -0.15) is 0 Å². The molecule has 1 aliphatic rings. The molecule has 1 aliphatic heterocycles. The van der Waals surface area contributed by atoms with Crippen LogP contribution in [0.15, 0.2) is 54.6 Å². The van der Waals surface area contributed by atoms with Gasteiger partial charge in [0, 0.05) is 6.92 Å². The lowest BCUT2D eigenvalue weighted by Gasteiger charge is -2.23. The second-order valence-electron chi connectivity index (χ2n) is 5.32. The summed E-state index contributed by atoms with van der Waals surface area (Å²) >= 11 is 0. The van der Waals surface area contributed by atoms with Crippen molar-refractivity contribution in [1.82, 2.24) is 10.4 Å². The zero-order valence-corrected chi connectivity index (χ0v) is 11.9. The van der Waals surface area contributed by atoms with E-state index < -0.39 is 0 Å². The number of carbonyl (C=O) groups is 1. The minimum atomic E-state index is -0.0201. The maximum absolute atomic E-state index is 11.9. The molecule has 2 aromatic rings. The number of nitrogens with zero attached hydrogens (tertiary/aromatic N) is 1. The average molecular weight is 282 g/mol. The number of hydrazine groups is 1. The lowest BCUT2D eigenvalue weighted by molar-refractivity contribution is -0.132. The fraction of sp³-hybridized carbons (Fsp3) is 0.235. The summed E-state index contributed by atoms with van der Waals surface area (Å²) in [5.41, 5.74) is 5.48. The van der Waals surface area contributed by atoms with Crippen LogP contribution in [0.25, 0.3) is 0 Å². The summed E-state index contributed by atoms with van der Waals surface area (Å²) in [5.74, 6) is 0.227. The zero-order chi connectivity index (χ0) is 14.8. The van der Waals surface area contributed by atoms with Crippen molar-refractivity contribution < 1.29 is 9.90 Å². The number of hydrogen-bond acceptors (Lipinski definition) is 3. The Balaban J connectivity index is 1.88. The van der Waals surface area contributed by atoms with Crippen LogP contribution in [0.1, 0.15) is 36.6 Å². The molecule has 2 aromatic carbocycles. The van der Waals surface area contributed by atoms with E-state index in [1.54, 1.807) is 24.1 Å². The van der Waals surface area contributed by atoms with Crippen molar-refractivity contribution in [3.05, 3.63) is 65.7 Å². The highest BCUT2D eigenvalue weighted by atomic mass is 16.3. The first-order chi connectivity index (χ1) is 10.1. The Labute approximate surface area is 124 Å². The molecule has 21 heavy (non-hydrogen) atoms. The van der Waals surface area contributed by atoms with E-state index in [1.807, 2.05) is 30.3 Å². The highest BCUT2D eigenvalue weighted by molar-refractivity contribution is 5.73. The number of phenolic OH excluding ortho intramolecular Hbond substituents is 1. The van der Waals surface area contributed by atoms with Crippen LogP contribution >= 0.6 is 0 Å². The fourth-order valence-electron chi connectivity index (χ4n) is 2.83. The summed E-state index contributed by atoms with van der Waals surface area (Å²) in [6, 6.07) is 17.3. The quantitative estimate of drug-likeness (QED) is 0.890. The average Bonchev–Trinajstić information content (AvgIpc) is 2.94. The van der Waals surface area contributed by atoms with Crippen LogP contribution in [0.4, 0.5) is 0 Å². The zero-order valence-electron chi connectivity index (χ0n) is 11.9. The number of amides is 1. The molecule has 4 nitrogen and oxygen atoms in total. The van der Waals surface area contributed by atoms with Gasteiger partial charge in [-0.1, -0.05) is 42.5 Å². The lowest BCUT2D eigenvalue weighted by atomic mass is 9.97. The van der Waals surface area contributed by atoms with Crippen molar-refractivity contribution in [3.63, 3.8) is 0 Å². The Bertz CT molecular complexity index is 625. The van der Waals surface area contributed by atoms with Gasteiger partial charge in [0.05, 0.1) is 12.1 Å². The molecule has 0 aromatic heterocycles. The minimum absolute atomic E-state index is 0.00786. The van der Waals surface area contributed by atoms with E-state index in [1.165, 1.54) is 5.56 Å². The maximum atomic E-state index is 11.9. The standard InChI is InChI=1S/C17H18N2O2/c1-12(20)19-17(14-7-9-15(21)10-8-14)11-16(18-19)13-5-3-2-4-6-13/h2-10,16-18,21H,11H2,1H3. The van der Waals surface area contributed by atoms with Crippen LogP contribution in [0.2, 0.25) is 0 Å². The van der Waals surface area contributed by atoms with Gasteiger partial charge in [0.1, 0.15) is 5.75 Å². The molecular weight excluding hydrogens is 264 g/mol. The second kappa shape index (κ2) is 5.58. The van der Waals surface area contributed by atoms with Crippen LogP contribution in [0.5, 0.6) is 5.75 Å². The molecule has 0 spiro atoms. The molecule has 2 atom stereocenters. The highest BCUT2D eigenvalue weighted by Gasteiger charge is 2.35. The molecule has 0 saturated carbocycles. The normalized spacial score (nSPS) is 21.5. The Morgan fingerprint density at radius 3 is 2.38 bits per heavy atom. The van der Waals surface area contributed by atoms with E-state index in [2.05, 4.69) is 17.6 Å². The van der Waals surface area contributed by atoms with Crippen LogP contribution in [0.3, 0.4) is 0 Å². The molecule has 2 N–H and O–H groups in total. The SMILES string of the molecule is CC(=O)N1NC(c2ccccc2)CC1c1ccc(O)cc1. The number of hydrogen-bond donors (Lipinski definition) is 2. The van der Waals surface area contributed by atoms with Gasteiger partial charge < -0.3 is 5.11 Å². The van der Waals surface area contributed by atoms with Crippen LogP contribution < -0.4 is 5.43 Å². The number of nitrogens with one attached hydrogen (secondary N) is 1. The van der Waals surface area contributed by atoms with Gasteiger partial charge in [-0.15, -0.1) is 0 Å². The molecule has 4 heteroatoms. The smallest absolute Gasteiger partial charge is 0.234 e. The second-order valence-corrected chi connectivity index (χ2v) is 5.32. The molecule has 1 fully saturated rings. The molecule has 108 valence electrons. The Hall–Kier alpha value is -2.33. The lowest BCUT2D eigenvalue weighted by Crippen LogP contribution is -2.37. The van der Waals surface area contributed by atoms with Crippen molar-refractivity contribution in [3.8, 4) is 5.75 Å². The van der Waals surface area contributed by atoms with Crippen LogP contribution in [-0.2, 0) is 4.79 Å². The first kappa shape index (κ1) is 13.6. The number of phenols is 1. The van der Waals surface area contributed by atoms with Crippen molar-refractivity contribution in [2.75, 3.05) is 0 Å². The molecule has 2 unspecified atom stereocenters. The predicted octanol–water partition coefficient (Wildman–Crippen LogP) is 2.93. The number of aromatic hydroxyl groups is 1. The first-order valence-corrected chi connectivity index (χ1v) is 7.05. The van der Waals surface area contributed by atoms with E-state index in [9.17, 15) is 9.90 Å². The molecular formula is C17H18N2O2. The first-order valence-electron chi connectivity index (χ1n) is 7.05. The summed E-state index contributed by atoms with van der Waals surface area (Å²) < 4.78 is 0. The van der Waals surface area contributed by atoms with Crippen molar-refractivity contribution in [2.45, 2.75) is 25.4 Å². The highest BCUT2D eigenvalue weighted by Crippen LogP contribution is 2.37. The largest absolute Gasteiger partial charge is 0.508 e. The molecule has 3 rings (SSSR count). The molecule has 1 amide bonds. The van der Waals surface area contributed by atoms with E-state index in [0.29, 0.717) is 0 Å². The van der Waals surface area contributed by atoms with Gasteiger partial charge in [0.15, 0.2) is 0 Å². The summed E-state index contributed by atoms with van der Waals surface area (Å²) in [5, 5.41) is 11.1. The van der Waals surface area contributed by atoms with Gasteiger partial charge >= 0.3 is 0 Å².